The van der Waals surface area contributed by atoms with Gasteiger partial charge in [0.2, 0.25) is 0 Å². The fraction of sp³-hybridized carbons (Fsp3) is 0.500. The summed E-state index contributed by atoms with van der Waals surface area (Å²) in [7, 11) is 0. The van der Waals surface area contributed by atoms with Crippen molar-refractivity contribution in [2.75, 3.05) is 19.6 Å². The van der Waals surface area contributed by atoms with E-state index in [1.165, 1.54) is 87.0 Å². The molecule has 1 spiro atoms. The van der Waals surface area contributed by atoms with Crippen LogP contribution in [0.15, 0.2) is 57.8 Å². The molecule has 0 radical (unpaired) electrons. The van der Waals surface area contributed by atoms with Gasteiger partial charge >= 0.3 is 0 Å². The van der Waals surface area contributed by atoms with Gasteiger partial charge in [0.05, 0.1) is 22.0 Å². The van der Waals surface area contributed by atoms with Crippen LogP contribution in [0.1, 0.15) is 87.6 Å². The Bertz CT molecular complexity index is 1470. The van der Waals surface area contributed by atoms with Gasteiger partial charge in [0.25, 0.3) is 5.56 Å². The van der Waals surface area contributed by atoms with Gasteiger partial charge in [0.1, 0.15) is 5.82 Å². The molecule has 3 heterocycles. The number of halogens is 1. The number of hydrogen-bond acceptors (Lipinski definition) is 3. The molecule has 7 rings (SSSR count). The minimum absolute atomic E-state index is 0.109. The van der Waals surface area contributed by atoms with E-state index in [9.17, 15) is 4.79 Å². The normalized spacial score (nSPS) is 22.2. The predicted octanol–water partition coefficient (Wildman–Crippen LogP) is 7.25. The number of rotatable bonds is 4. The van der Waals surface area contributed by atoms with Crippen molar-refractivity contribution in [1.82, 2.24) is 14.5 Å². The van der Waals surface area contributed by atoms with Crippen molar-refractivity contribution in [1.29, 1.82) is 0 Å². The van der Waals surface area contributed by atoms with E-state index in [0.717, 1.165) is 28.7 Å². The summed E-state index contributed by atoms with van der Waals surface area (Å²) in [4.78, 5) is 20.7. The molecule has 0 unspecified atom stereocenters. The average Bonchev–Trinajstić information content (AvgIpc) is 3.65. The molecule has 3 aromatic rings. The maximum atomic E-state index is 13.3. The van der Waals surface area contributed by atoms with Crippen LogP contribution in [0.4, 0.5) is 0 Å². The number of fused-ring (bicyclic) bond motifs is 7. The standard InChI is InChI=1S/C32H36BrN3O/c1-21(2)31(15-16-31)20-35-17-11-22(12-18-35)23-9-10-24-27(19-23)36-26-8-6-7-25(33)28(26)29(37)34-30(36)32(24)13-4-3-5-14-32/h6-10,19,22H,1,3-5,11-18,20H2,2H3. The first-order valence-corrected chi connectivity index (χ1v) is 15.0. The minimum atomic E-state index is -0.133. The first-order valence-electron chi connectivity index (χ1n) is 14.2. The molecule has 0 atom stereocenters. The van der Waals surface area contributed by atoms with Crippen LogP contribution in [-0.2, 0) is 5.41 Å². The van der Waals surface area contributed by atoms with Crippen LogP contribution in [0.5, 0.6) is 0 Å². The van der Waals surface area contributed by atoms with E-state index < -0.39 is 0 Å². The summed E-state index contributed by atoms with van der Waals surface area (Å²) in [6.45, 7) is 10.0. The molecule has 4 aliphatic rings. The van der Waals surface area contributed by atoms with Gasteiger partial charge in [-0.25, -0.2) is 0 Å². The van der Waals surface area contributed by atoms with Crippen LogP contribution in [0, 0.1) is 5.41 Å². The Morgan fingerprint density at radius 1 is 1.08 bits per heavy atom. The van der Waals surface area contributed by atoms with Crippen LogP contribution in [0.2, 0.25) is 0 Å². The van der Waals surface area contributed by atoms with Gasteiger partial charge in [0, 0.05) is 16.4 Å². The lowest BCUT2D eigenvalue weighted by molar-refractivity contribution is 0.185. The van der Waals surface area contributed by atoms with Crippen molar-refractivity contribution < 1.29 is 0 Å². The van der Waals surface area contributed by atoms with Crippen LogP contribution < -0.4 is 5.56 Å². The third kappa shape index (κ3) is 3.64. The van der Waals surface area contributed by atoms with Crippen molar-refractivity contribution in [2.45, 2.75) is 76.0 Å². The molecular formula is C32H36BrN3O. The zero-order valence-corrected chi connectivity index (χ0v) is 23.4. The SMILES string of the molecule is C=C(C)C1(CN2CCC(c3ccc4c(c3)-n3c(nc(=O)c5c(Br)cccc53)C43CCCCC3)CC2)CC1. The molecule has 3 fully saturated rings. The van der Waals surface area contributed by atoms with Gasteiger partial charge in [-0.15, -0.1) is 0 Å². The van der Waals surface area contributed by atoms with E-state index >= 15 is 0 Å². The monoisotopic (exact) mass is 557 g/mol. The minimum Gasteiger partial charge on any atom is -0.302 e. The van der Waals surface area contributed by atoms with E-state index in [2.05, 4.69) is 63.2 Å². The molecule has 5 heteroatoms. The maximum Gasteiger partial charge on any atom is 0.281 e. The summed E-state index contributed by atoms with van der Waals surface area (Å²) in [6, 6.07) is 13.3. The maximum absolute atomic E-state index is 13.3. The number of likely N-dealkylation sites (tertiary alicyclic amines) is 1. The lowest BCUT2D eigenvalue weighted by Gasteiger charge is -2.35. The van der Waals surface area contributed by atoms with Gasteiger partial charge in [-0.3, -0.25) is 9.36 Å². The van der Waals surface area contributed by atoms with Gasteiger partial charge in [-0.05, 0) is 110 Å². The van der Waals surface area contributed by atoms with Crippen LogP contribution in [-0.4, -0.2) is 34.1 Å². The van der Waals surface area contributed by atoms with Crippen molar-refractivity contribution >= 4 is 26.8 Å². The highest BCUT2D eigenvalue weighted by Crippen LogP contribution is 2.53. The Labute approximate surface area is 227 Å². The highest BCUT2D eigenvalue weighted by Gasteiger charge is 2.47. The lowest BCUT2D eigenvalue weighted by Crippen LogP contribution is -2.37. The van der Waals surface area contributed by atoms with Gasteiger partial charge in [-0.1, -0.05) is 49.6 Å². The second-order valence-electron chi connectivity index (χ2n) is 12.2. The molecule has 0 N–H and O–H groups in total. The second kappa shape index (κ2) is 8.64. The topological polar surface area (TPSA) is 38.1 Å². The van der Waals surface area contributed by atoms with Crippen LogP contribution >= 0.6 is 15.9 Å². The third-order valence-corrected chi connectivity index (χ3v) is 10.8. The summed E-state index contributed by atoms with van der Waals surface area (Å²) >= 11 is 3.64. The number of piperidine rings is 1. The Balaban J connectivity index is 1.27. The fourth-order valence-electron chi connectivity index (χ4n) is 7.68. The molecule has 4 nitrogen and oxygen atoms in total. The molecule has 2 saturated carbocycles. The van der Waals surface area contributed by atoms with E-state index in [1.807, 2.05) is 12.1 Å². The molecule has 192 valence electrons. The van der Waals surface area contributed by atoms with E-state index in [0.29, 0.717) is 16.7 Å². The summed E-state index contributed by atoms with van der Waals surface area (Å²) in [5.74, 6) is 1.55. The number of nitrogens with zero attached hydrogens (tertiary/aromatic N) is 3. The molecule has 37 heavy (non-hydrogen) atoms. The Kier molecular flexibility index (Phi) is 5.57. The number of hydrogen-bond donors (Lipinski definition) is 0. The second-order valence-corrected chi connectivity index (χ2v) is 13.1. The molecule has 2 aromatic carbocycles. The Morgan fingerprint density at radius 3 is 2.54 bits per heavy atom. The predicted molar refractivity (Wildman–Crippen MR) is 154 cm³/mol. The molecule has 2 aliphatic heterocycles. The zero-order chi connectivity index (χ0) is 25.4. The fourth-order valence-corrected chi connectivity index (χ4v) is 8.20. The molecule has 1 saturated heterocycles. The van der Waals surface area contributed by atoms with Crippen LogP contribution in [0.25, 0.3) is 16.6 Å². The zero-order valence-electron chi connectivity index (χ0n) is 21.9. The summed E-state index contributed by atoms with van der Waals surface area (Å²) in [5.41, 5.74) is 6.59. The summed E-state index contributed by atoms with van der Waals surface area (Å²) in [5, 5.41) is 0.690. The van der Waals surface area contributed by atoms with Gasteiger partial charge in [0.15, 0.2) is 0 Å². The molecule has 0 bridgehead atoms. The quantitative estimate of drug-likeness (QED) is 0.317. The van der Waals surface area contributed by atoms with Crippen molar-refractivity contribution in [2.24, 2.45) is 5.41 Å². The van der Waals surface area contributed by atoms with E-state index in [-0.39, 0.29) is 11.0 Å². The van der Waals surface area contributed by atoms with Crippen LogP contribution in [0.3, 0.4) is 0 Å². The third-order valence-electron chi connectivity index (χ3n) is 10.1. The first-order chi connectivity index (χ1) is 17.9. The molecule has 1 aromatic heterocycles. The molecular weight excluding hydrogens is 522 g/mol. The van der Waals surface area contributed by atoms with E-state index in [1.54, 1.807) is 0 Å². The van der Waals surface area contributed by atoms with Crippen molar-refractivity contribution in [3.8, 4) is 5.69 Å². The smallest absolute Gasteiger partial charge is 0.281 e. The first kappa shape index (κ1) is 23.8. The average molecular weight is 559 g/mol. The Hall–Kier alpha value is -2.24. The van der Waals surface area contributed by atoms with Crippen molar-refractivity contribution in [3.05, 3.63) is 80.3 Å². The highest BCUT2D eigenvalue weighted by atomic mass is 79.9. The summed E-state index contributed by atoms with van der Waals surface area (Å²) < 4.78 is 3.17. The van der Waals surface area contributed by atoms with Crippen molar-refractivity contribution in [3.63, 3.8) is 0 Å². The highest BCUT2D eigenvalue weighted by molar-refractivity contribution is 9.10. The Morgan fingerprint density at radius 2 is 1.84 bits per heavy atom. The molecule has 2 aliphatic carbocycles. The summed E-state index contributed by atoms with van der Waals surface area (Å²) in [6.07, 6.45) is 10.8. The lowest BCUT2D eigenvalue weighted by atomic mass is 9.69. The van der Waals surface area contributed by atoms with E-state index in [4.69, 9.17) is 4.98 Å². The molecule has 0 amide bonds. The number of benzene rings is 2. The number of aromatic nitrogens is 2. The van der Waals surface area contributed by atoms with Gasteiger partial charge in [-0.2, -0.15) is 4.98 Å². The largest absolute Gasteiger partial charge is 0.302 e. The van der Waals surface area contributed by atoms with Gasteiger partial charge < -0.3 is 4.90 Å².